The van der Waals surface area contributed by atoms with Crippen LogP contribution < -0.4 is 4.72 Å². The molecule has 3 rings (SSSR count). The number of morpholine rings is 1. The summed E-state index contributed by atoms with van der Waals surface area (Å²) in [6, 6.07) is 3.86. The van der Waals surface area contributed by atoms with Crippen molar-refractivity contribution in [2.45, 2.75) is 37.2 Å². The van der Waals surface area contributed by atoms with Gasteiger partial charge in [-0.2, -0.15) is 0 Å². The second kappa shape index (κ2) is 6.48. The molecule has 1 aliphatic heterocycles. The molecule has 0 bridgehead atoms. The van der Waals surface area contributed by atoms with Crippen molar-refractivity contribution in [2.75, 3.05) is 26.2 Å². The number of hydrogen-bond donors (Lipinski definition) is 1. The first-order valence-electron chi connectivity index (χ1n) is 7.48. The number of furan rings is 1. The van der Waals surface area contributed by atoms with Gasteiger partial charge >= 0.3 is 0 Å². The van der Waals surface area contributed by atoms with Crippen LogP contribution in [0.3, 0.4) is 0 Å². The number of hydrogen-bond acceptors (Lipinski definition) is 5. The fraction of sp³-hybridized carbons (Fsp3) is 0.714. The van der Waals surface area contributed by atoms with Gasteiger partial charge in [-0.15, -0.1) is 0 Å². The summed E-state index contributed by atoms with van der Waals surface area (Å²) in [5.74, 6) is 0.949. The van der Waals surface area contributed by atoms with E-state index in [-0.39, 0.29) is 11.4 Å². The predicted molar refractivity (Wildman–Crippen MR) is 78.3 cm³/mol. The number of nitrogens with zero attached hydrogens (tertiary/aromatic N) is 1. The molecular weight excluding hydrogens is 292 g/mol. The van der Waals surface area contributed by atoms with Crippen LogP contribution in [0.2, 0.25) is 0 Å². The highest BCUT2D eigenvalue weighted by Crippen LogP contribution is 2.27. The standard InChI is InChI=1S/C14H22N2O4S/c17-21(18,14-3-4-14)15-6-5-13-11-16(7-9-20-13)10-12-2-1-8-19-12/h1-2,8,13-15H,3-7,9-11H2/t13-/m1/s1. The number of nitrogens with one attached hydrogen (secondary N) is 1. The first-order valence-corrected chi connectivity index (χ1v) is 9.03. The highest BCUT2D eigenvalue weighted by Gasteiger charge is 2.35. The third-order valence-corrected chi connectivity index (χ3v) is 5.87. The smallest absolute Gasteiger partial charge is 0.214 e. The van der Waals surface area contributed by atoms with Crippen molar-refractivity contribution < 1.29 is 17.6 Å². The molecule has 1 atom stereocenters. The SMILES string of the molecule is O=S(=O)(NCC[C@@H]1CN(Cc2ccco2)CCO1)C1CC1. The monoisotopic (exact) mass is 314 g/mol. The van der Waals surface area contributed by atoms with E-state index < -0.39 is 10.0 Å². The fourth-order valence-corrected chi connectivity index (χ4v) is 3.97. The lowest BCUT2D eigenvalue weighted by Crippen LogP contribution is -2.43. The van der Waals surface area contributed by atoms with Gasteiger partial charge in [-0.3, -0.25) is 4.90 Å². The molecule has 0 radical (unpaired) electrons. The van der Waals surface area contributed by atoms with Gasteiger partial charge in [0, 0.05) is 19.6 Å². The number of ether oxygens (including phenoxy) is 1. The molecule has 21 heavy (non-hydrogen) atoms. The maximum atomic E-state index is 11.7. The average molecular weight is 314 g/mol. The minimum atomic E-state index is -3.08. The molecule has 6 nitrogen and oxygen atoms in total. The lowest BCUT2D eigenvalue weighted by Gasteiger charge is -2.32. The first-order chi connectivity index (χ1) is 10.1. The maximum Gasteiger partial charge on any atom is 0.214 e. The van der Waals surface area contributed by atoms with Crippen molar-refractivity contribution >= 4 is 10.0 Å². The Kier molecular flexibility index (Phi) is 4.63. The van der Waals surface area contributed by atoms with Gasteiger partial charge in [-0.25, -0.2) is 13.1 Å². The molecule has 0 aromatic carbocycles. The van der Waals surface area contributed by atoms with E-state index >= 15 is 0 Å². The van der Waals surface area contributed by atoms with E-state index in [1.807, 2.05) is 12.1 Å². The molecule has 2 heterocycles. The maximum absolute atomic E-state index is 11.7. The van der Waals surface area contributed by atoms with Crippen LogP contribution in [0.5, 0.6) is 0 Å². The quantitative estimate of drug-likeness (QED) is 0.811. The normalized spacial score (nSPS) is 24.3. The second-order valence-corrected chi connectivity index (χ2v) is 7.78. The van der Waals surface area contributed by atoms with Crippen LogP contribution in [-0.2, 0) is 21.3 Å². The van der Waals surface area contributed by atoms with Gasteiger partial charge in [0.1, 0.15) is 5.76 Å². The van der Waals surface area contributed by atoms with Crippen LogP contribution in [0.1, 0.15) is 25.0 Å². The Morgan fingerprint density at radius 3 is 2.95 bits per heavy atom. The lowest BCUT2D eigenvalue weighted by molar-refractivity contribution is -0.0355. The van der Waals surface area contributed by atoms with E-state index in [0.717, 1.165) is 38.2 Å². The summed E-state index contributed by atoms with van der Waals surface area (Å²) in [5.41, 5.74) is 0. The third-order valence-electron chi connectivity index (χ3n) is 3.92. The van der Waals surface area contributed by atoms with Crippen molar-refractivity contribution in [3.63, 3.8) is 0 Å². The molecule has 1 aromatic heterocycles. The van der Waals surface area contributed by atoms with Gasteiger partial charge in [0.25, 0.3) is 0 Å². The number of rotatable bonds is 7. The predicted octanol–water partition coefficient (Wildman–Crippen LogP) is 0.952. The molecule has 1 saturated heterocycles. The summed E-state index contributed by atoms with van der Waals surface area (Å²) in [5, 5.41) is -0.153. The van der Waals surface area contributed by atoms with Crippen LogP contribution >= 0.6 is 0 Å². The molecule has 0 amide bonds. The Balaban J connectivity index is 1.41. The molecule has 1 aliphatic carbocycles. The molecule has 2 aliphatic rings. The molecule has 1 saturated carbocycles. The van der Waals surface area contributed by atoms with E-state index in [4.69, 9.17) is 9.15 Å². The van der Waals surface area contributed by atoms with Crippen molar-refractivity contribution in [1.82, 2.24) is 9.62 Å². The van der Waals surface area contributed by atoms with Crippen LogP contribution in [-0.4, -0.2) is 50.9 Å². The molecule has 1 N–H and O–H groups in total. The highest BCUT2D eigenvalue weighted by molar-refractivity contribution is 7.90. The minimum Gasteiger partial charge on any atom is -0.468 e. The molecular formula is C14H22N2O4S. The minimum absolute atomic E-state index is 0.0793. The average Bonchev–Trinajstić information content (AvgIpc) is 3.20. The van der Waals surface area contributed by atoms with Crippen molar-refractivity contribution in [1.29, 1.82) is 0 Å². The van der Waals surface area contributed by atoms with Gasteiger partial charge in [-0.1, -0.05) is 0 Å². The Hall–Kier alpha value is -0.890. The zero-order chi connectivity index (χ0) is 14.7. The summed E-state index contributed by atoms with van der Waals surface area (Å²) < 4.78 is 37.2. The van der Waals surface area contributed by atoms with Gasteiger partial charge < -0.3 is 9.15 Å². The zero-order valence-corrected chi connectivity index (χ0v) is 12.8. The lowest BCUT2D eigenvalue weighted by atomic mass is 10.2. The first kappa shape index (κ1) is 15.0. The Morgan fingerprint density at radius 2 is 2.24 bits per heavy atom. The molecule has 2 fully saturated rings. The molecule has 118 valence electrons. The van der Waals surface area contributed by atoms with Gasteiger partial charge in [-0.05, 0) is 31.4 Å². The summed E-state index contributed by atoms with van der Waals surface area (Å²) in [7, 11) is -3.08. The Morgan fingerprint density at radius 1 is 1.38 bits per heavy atom. The second-order valence-electron chi connectivity index (χ2n) is 5.73. The summed E-state index contributed by atoms with van der Waals surface area (Å²) in [4.78, 5) is 2.28. The zero-order valence-electron chi connectivity index (χ0n) is 12.0. The Bertz CT molecular complexity index is 539. The Labute approximate surface area is 125 Å². The van der Waals surface area contributed by atoms with Crippen LogP contribution in [0.15, 0.2) is 22.8 Å². The molecule has 1 aromatic rings. The largest absolute Gasteiger partial charge is 0.468 e. The third kappa shape index (κ3) is 4.29. The van der Waals surface area contributed by atoms with Gasteiger partial charge in [0.05, 0.1) is 30.8 Å². The van der Waals surface area contributed by atoms with E-state index in [1.165, 1.54) is 0 Å². The van der Waals surface area contributed by atoms with Crippen molar-refractivity contribution in [2.24, 2.45) is 0 Å². The van der Waals surface area contributed by atoms with Gasteiger partial charge in [0.15, 0.2) is 0 Å². The van der Waals surface area contributed by atoms with Crippen molar-refractivity contribution in [3.05, 3.63) is 24.2 Å². The van der Waals surface area contributed by atoms with Crippen LogP contribution in [0.25, 0.3) is 0 Å². The van der Waals surface area contributed by atoms with Crippen LogP contribution in [0, 0.1) is 0 Å². The van der Waals surface area contributed by atoms with Crippen molar-refractivity contribution in [3.8, 4) is 0 Å². The van der Waals surface area contributed by atoms with E-state index in [2.05, 4.69) is 9.62 Å². The molecule has 0 unspecified atom stereocenters. The summed E-state index contributed by atoms with van der Waals surface area (Å²) in [6.07, 6.45) is 4.06. The highest BCUT2D eigenvalue weighted by atomic mass is 32.2. The summed E-state index contributed by atoms with van der Waals surface area (Å²) in [6.45, 7) is 3.61. The van der Waals surface area contributed by atoms with Crippen LogP contribution in [0.4, 0.5) is 0 Å². The van der Waals surface area contributed by atoms with E-state index in [9.17, 15) is 8.42 Å². The fourth-order valence-electron chi connectivity index (χ4n) is 2.58. The molecule has 7 heteroatoms. The molecule has 0 spiro atoms. The van der Waals surface area contributed by atoms with E-state index in [1.54, 1.807) is 6.26 Å². The topological polar surface area (TPSA) is 71.8 Å². The van der Waals surface area contributed by atoms with E-state index in [0.29, 0.717) is 19.6 Å². The summed E-state index contributed by atoms with van der Waals surface area (Å²) >= 11 is 0. The number of sulfonamides is 1. The van der Waals surface area contributed by atoms with Gasteiger partial charge in [0.2, 0.25) is 10.0 Å².